The van der Waals surface area contributed by atoms with E-state index in [9.17, 15) is 4.79 Å². The lowest BCUT2D eigenvalue weighted by atomic mass is 9.88. The molecule has 0 fully saturated rings. The van der Waals surface area contributed by atoms with Gasteiger partial charge in [0, 0.05) is 6.54 Å². The molecule has 1 aromatic carbocycles. The molecule has 0 bridgehead atoms. The van der Waals surface area contributed by atoms with Gasteiger partial charge >= 0.3 is 0 Å². The van der Waals surface area contributed by atoms with Crippen LogP contribution in [0.2, 0.25) is 0 Å². The van der Waals surface area contributed by atoms with Crippen LogP contribution in [0.4, 0.5) is 0 Å². The van der Waals surface area contributed by atoms with Crippen LogP contribution in [-0.4, -0.2) is 38.2 Å². The van der Waals surface area contributed by atoms with Crippen molar-refractivity contribution in [3.8, 4) is 5.69 Å². The highest BCUT2D eigenvalue weighted by Crippen LogP contribution is 2.15. The first-order valence-electron chi connectivity index (χ1n) is 7.28. The Hall–Kier alpha value is -1.99. The summed E-state index contributed by atoms with van der Waals surface area (Å²) in [5.41, 5.74) is 7.18. The second kappa shape index (κ2) is 8.03. The molecule has 0 aliphatic rings. The Kier molecular flexibility index (Phi) is 6.65. The third kappa shape index (κ3) is 4.74. The van der Waals surface area contributed by atoms with Crippen molar-refractivity contribution in [1.29, 1.82) is 0 Å². The summed E-state index contributed by atoms with van der Waals surface area (Å²) < 4.78 is 1.56. The van der Waals surface area contributed by atoms with Crippen molar-refractivity contribution in [2.45, 2.75) is 32.7 Å². The SMILES string of the molecule is CC(C)C(C)(CN)NC(=O)Cc1ccc(-n2cnnn2)cc1.Cl. The minimum atomic E-state index is -0.385. The molecule has 0 aliphatic heterocycles. The summed E-state index contributed by atoms with van der Waals surface area (Å²) in [5, 5.41) is 14.0. The maximum absolute atomic E-state index is 12.2. The second-order valence-electron chi connectivity index (χ2n) is 5.92. The molecule has 1 atom stereocenters. The molecule has 0 aliphatic carbocycles. The molecule has 1 amide bonds. The van der Waals surface area contributed by atoms with Gasteiger partial charge in [-0.25, -0.2) is 4.68 Å². The molecule has 1 aromatic heterocycles. The molecule has 2 aromatic rings. The molecule has 1 unspecified atom stereocenters. The van der Waals surface area contributed by atoms with Crippen LogP contribution in [0.15, 0.2) is 30.6 Å². The minimum absolute atomic E-state index is 0. The number of hydrogen-bond donors (Lipinski definition) is 2. The van der Waals surface area contributed by atoms with Crippen molar-refractivity contribution >= 4 is 18.3 Å². The summed E-state index contributed by atoms with van der Waals surface area (Å²) >= 11 is 0. The van der Waals surface area contributed by atoms with E-state index in [1.54, 1.807) is 4.68 Å². The van der Waals surface area contributed by atoms with Crippen LogP contribution in [0.3, 0.4) is 0 Å². The highest BCUT2D eigenvalue weighted by Gasteiger charge is 2.28. The number of nitrogens with one attached hydrogen (secondary N) is 1. The van der Waals surface area contributed by atoms with Crippen LogP contribution in [0.25, 0.3) is 5.69 Å². The molecular formula is C15H23ClN6O. The minimum Gasteiger partial charge on any atom is -0.349 e. The summed E-state index contributed by atoms with van der Waals surface area (Å²) in [6.07, 6.45) is 1.84. The fourth-order valence-corrected chi connectivity index (χ4v) is 2.03. The first kappa shape index (κ1) is 19.1. The zero-order chi connectivity index (χ0) is 16.2. The number of carbonyl (C=O) groups is 1. The van der Waals surface area contributed by atoms with Crippen molar-refractivity contribution in [2.24, 2.45) is 11.7 Å². The second-order valence-corrected chi connectivity index (χ2v) is 5.92. The Morgan fingerprint density at radius 1 is 1.35 bits per heavy atom. The monoisotopic (exact) mass is 338 g/mol. The quantitative estimate of drug-likeness (QED) is 0.822. The third-order valence-electron chi connectivity index (χ3n) is 4.04. The lowest BCUT2D eigenvalue weighted by Gasteiger charge is -2.33. The van der Waals surface area contributed by atoms with Crippen LogP contribution >= 0.6 is 12.4 Å². The highest BCUT2D eigenvalue weighted by molar-refractivity contribution is 5.85. The fraction of sp³-hybridized carbons (Fsp3) is 0.467. The fourth-order valence-electron chi connectivity index (χ4n) is 2.03. The lowest BCUT2D eigenvalue weighted by Crippen LogP contribution is -2.55. The molecule has 0 radical (unpaired) electrons. The average molecular weight is 339 g/mol. The van der Waals surface area contributed by atoms with Crippen LogP contribution in [-0.2, 0) is 11.2 Å². The van der Waals surface area contributed by atoms with Gasteiger partial charge in [-0.15, -0.1) is 17.5 Å². The van der Waals surface area contributed by atoms with Crippen molar-refractivity contribution in [1.82, 2.24) is 25.5 Å². The molecule has 23 heavy (non-hydrogen) atoms. The van der Waals surface area contributed by atoms with E-state index in [1.807, 2.05) is 45.0 Å². The molecule has 0 saturated carbocycles. The molecule has 1 heterocycles. The van der Waals surface area contributed by atoms with E-state index in [0.29, 0.717) is 13.0 Å². The summed E-state index contributed by atoms with van der Waals surface area (Å²) in [5.74, 6) is 0.237. The van der Waals surface area contributed by atoms with Gasteiger partial charge in [0.05, 0.1) is 17.6 Å². The van der Waals surface area contributed by atoms with E-state index >= 15 is 0 Å². The van der Waals surface area contributed by atoms with Crippen molar-refractivity contribution in [3.05, 3.63) is 36.2 Å². The van der Waals surface area contributed by atoms with Gasteiger partial charge in [0.2, 0.25) is 5.91 Å². The van der Waals surface area contributed by atoms with Gasteiger partial charge in [-0.1, -0.05) is 26.0 Å². The Bertz CT molecular complexity index is 613. The summed E-state index contributed by atoms with van der Waals surface area (Å²) in [6, 6.07) is 7.55. The van der Waals surface area contributed by atoms with E-state index in [0.717, 1.165) is 11.3 Å². The van der Waals surface area contributed by atoms with E-state index in [2.05, 4.69) is 20.8 Å². The number of carbonyl (C=O) groups excluding carboxylic acids is 1. The van der Waals surface area contributed by atoms with Crippen molar-refractivity contribution in [3.63, 3.8) is 0 Å². The standard InChI is InChI=1S/C15H22N6O.ClH/c1-11(2)15(3,9-16)18-14(22)8-12-4-6-13(7-5-12)21-10-17-19-20-21;/h4-7,10-11H,8-9,16H2,1-3H3,(H,18,22);1H. The largest absolute Gasteiger partial charge is 0.349 e. The number of amides is 1. The number of tetrazole rings is 1. The number of nitrogens with two attached hydrogens (primary N) is 1. The van der Waals surface area contributed by atoms with E-state index in [1.165, 1.54) is 6.33 Å². The van der Waals surface area contributed by atoms with Gasteiger partial charge in [-0.3, -0.25) is 4.79 Å². The van der Waals surface area contributed by atoms with Crippen molar-refractivity contribution < 1.29 is 4.79 Å². The topological polar surface area (TPSA) is 98.7 Å². The van der Waals surface area contributed by atoms with E-state index < -0.39 is 0 Å². The van der Waals surface area contributed by atoms with Crippen molar-refractivity contribution in [2.75, 3.05) is 6.54 Å². The van der Waals surface area contributed by atoms with Crippen LogP contribution < -0.4 is 11.1 Å². The summed E-state index contributed by atoms with van der Waals surface area (Å²) in [6.45, 7) is 6.48. The van der Waals surface area contributed by atoms with Crippen LogP contribution in [0, 0.1) is 5.92 Å². The molecule has 3 N–H and O–H groups in total. The van der Waals surface area contributed by atoms with Gasteiger partial charge in [0.25, 0.3) is 0 Å². The maximum atomic E-state index is 12.2. The highest BCUT2D eigenvalue weighted by atomic mass is 35.5. The Balaban J connectivity index is 0.00000264. The van der Waals surface area contributed by atoms with Gasteiger partial charge in [-0.2, -0.15) is 0 Å². The van der Waals surface area contributed by atoms with Gasteiger partial charge in [-0.05, 0) is 41.0 Å². The van der Waals surface area contributed by atoms with Gasteiger partial charge in [0.15, 0.2) is 0 Å². The summed E-state index contributed by atoms with van der Waals surface area (Å²) in [7, 11) is 0. The first-order valence-corrected chi connectivity index (χ1v) is 7.28. The van der Waals surface area contributed by atoms with Gasteiger partial charge in [0.1, 0.15) is 6.33 Å². The first-order chi connectivity index (χ1) is 10.4. The molecule has 7 nitrogen and oxygen atoms in total. The smallest absolute Gasteiger partial charge is 0.224 e. The number of benzene rings is 1. The Morgan fingerprint density at radius 2 is 2.00 bits per heavy atom. The number of halogens is 1. The number of rotatable bonds is 6. The molecule has 2 rings (SSSR count). The molecule has 0 spiro atoms. The number of hydrogen-bond acceptors (Lipinski definition) is 5. The average Bonchev–Trinajstić information content (AvgIpc) is 3.01. The maximum Gasteiger partial charge on any atom is 0.224 e. The predicted octanol–water partition coefficient (Wildman–Crippen LogP) is 1.12. The predicted molar refractivity (Wildman–Crippen MR) is 90.5 cm³/mol. The Morgan fingerprint density at radius 3 is 2.48 bits per heavy atom. The normalized spacial score (nSPS) is 13.3. The zero-order valence-corrected chi connectivity index (χ0v) is 14.4. The molecule has 126 valence electrons. The zero-order valence-electron chi connectivity index (χ0n) is 13.6. The van der Waals surface area contributed by atoms with E-state index in [-0.39, 0.29) is 29.8 Å². The summed E-state index contributed by atoms with van der Waals surface area (Å²) in [4.78, 5) is 12.2. The number of aromatic nitrogens is 4. The van der Waals surface area contributed by atoms with E-state index in [4.69, 9.17) is 5.73 Å². The number of nitrogens with zero attached hydrogens (tertiary/aromatic N) is 4. The molecule has 0 saturated heterocycles. The van der Waals surface area contributed by atoms with Gasteiger partial charge < -0.3 is 11.1 Å². The lowest BCUT2D eigenvalue weighted by molar-refractivity contribution is -0.122. The third-order valence-corrected chi connectivity index (χ3v) is 4.04. The Labute approximate surface area is 142 Å². The molecular weight excluding hydrogens is 316 g/mol. The van der Waals surface area contributed by atoms with Crippen LogP contribution in [0.1, 0.15) is 26.3 Å². The molecule has 8 heteroatoms. The van der Waals surface area contributed by atoms with Crippen LogP contribution in [0.5, 0.6) is 0 Å².